The van der Waals surface area contributed by atoms with Gasteiger partial charge in [0.15, 0.2) is 0 Å². The van der Waals surface area contributed by atoms with Gasteiger partial charge >= 0.3 is 0 Å². The SMILES string of the molecule is COc1ccc(N(CC(=O)Nc2ccc(S(=O)(=O)N3CCCCC3)cc2)S(C)(=O)=O)cc1Cl. The molecule has 1 fully saturated rings. The highest BCUT2D eigenvalue weighted by Crippen LogP contribution is 2.30. The minimum atomic E-state index is -3.79. The van der Waals surface area contributed by atoms with Gasteiger partial charge in [-0.15, -0.1) is 0 Å². The first-order valence-corrected chi connectivity index (χ1v) is 13.9. The second-order valence-corrected chi connectivity index (χ2v) is 11.9. The lowest BCUT2D eigenvalue weighted by Crippen LogP contribution is -2.37. The third-order valence-electron chi connectivity index (χ3n) is 5.20. The number of hydrogen-bond acceptors (Lipinski definition) is 6. The van der Waals surface area contributed by atoms with Gasteiger partial charge in [-0.1, -0.05) is 18.0 Å². The van der Waals surface area contributed by atoms with Crippen molar-refractivity contribution < 1.29 is 26.4 Å². The average Bonchev–Trinajstić information content (AvgIpc) is 2.77. The number of amides is 1. The second-order valence-electron chi connectivity index (χ2n) is 7.63. The van der Waals surface area contributed by atoms with Crippen molar-refractivity contribution in [2.24, 2.45) is 0 Å². The van der Waals surface area contributed by atoms with Gasteiger partial charge in [0, 0.05) is 18.8 Å². The van der Waals surface area contributed by atoms with E-state index in [1.165, 1.54) is 53.9 Å². The highest BCUT2D eigenvalue weighted by atomic mass is 35.5. The predicted molar refractivity (Wildman–Crippen MR) is 128 cm³/mol. The highest BCUT2D eigenvalue weighted by Gasteiger charge is 2.26. The van der Waals surface area contributed by atoms with Crippen molar-refractivity contribution in [2.75, 3.05) is 42.6 Å². The van der Waals surface area contributed by atoms with E-state index in [1.54, 1.807) is 0 Å². The largest absolute Gasteiger partial charge is 0.495 e. The molecule has 0 aliphatic carbocycles. The number of sulfonamides is 2. The maximum absolute atomic E-state index is 12.8. The van der Waals surface area contributed by atoms with Crippen LogP contribution in [-0.2, 0) is 24.8 Å². The third-order valence-corrected chi connectivity index (χ3v) is 8.55. The topological polar surface area (TPSA) is 113 Å². The van der Waals surface area contributed by atoms with E-state index in [9.17, 15) is 21.6 Å². The molecule has 2 aromatic carbocycles. The summed E-state index contributed by atoms with van der Waals surface area (Å²) >= 11 is 6.10. The number of nitrogens with zero attached hydrogens (tertiary/aromatic N) is 2. The smallest absolute Gasteiger partial charge is 0.245 e. The number of methoxy groups -OCH3 is 1. The van der Waals surface area contributed by atoms with Crippen molar-refractivity contribution in [1.82, 2.24) is 4.31 Å². The summed E-state index contributed by atoms with van der Waals surface area (Å²) in [6, 6.07) is 10.2. The van der Waals surface area contributed by atoms with Crippen LogP contribution in [0.1, 0.15) is 19.3 Å². The Balaban J connectivity index is 1.72. The van der Waals surface area contributed by atoms with Crippen LogP contribution in [0, 0.1) is 0 Å². The zero-order chi connectivity index (χ0) is 24.2. The molecule has 0 radical (unpaired) electrons. The first kappa shape index (κ1) is 25.3. The molecule has 0 unspecified atom stereocenters. The number of carbonyl (C=O) groups is 1. The minimum Gasteiger partial charge on any atom is -0.495 e. The van der Waals surface area contributed by atoms with E-state index < -0.39 is 32.5 Å². The summed E-state index contributed by atoms with van der Waals surface area (Å²) in [5.41, 5.74) is 0.556. The van der Waals surface area contributed by atoms with Gasteiger partial charge in [0.1, 0.15) is 12.3 Å². The highest BCUT2D eigenvalue weighted by molar-refractivity contribution is 7.92. The van der Waals surface area contributed by atoms with Gasteiger partial charge in [-0.3, -0.25) is 9.10 Å². The van der Waals surface area contributed by atoms with Crippen LogP contribution in [0.5, 0.6) is 5.75 Å². The number of anilines is 2. The van der Waals surface area contributed by atoms with Crippen LogP contribution in [-0.4, -0.2) is 60.0 Å². The summed E-state index contributed by atoms with van der Waals surface area (Å²) in [7, 11) is -5.94. The van der Waals surface area contributed by atoms with Crippen LogP contribution >= 0.6 is 11.6 Å². The van der Waals surface area contributed by atoms with Crippen LogP contribution in [0.4, 0.5) is 11.4 Å². The van der Waals surface area contributed by atoms with Gasteiger partial charge in [0.05, 0.1) is 29.0 Å². The summed E-state index contributed by atoms with van der Waals surface area (Å²) in [5, 5.41) is 2.80. The number of piperidine rings is 1. The molecule has 0 spiro atoms. The molecule has 1 N–H and O–H groups in total. The summed E-state index contributed by atoms with van der Waals surface area (Å²) in [4.78, 5) is 12.7. The first-order valence-electron chi connectivity index (χ1n) is 10.2. The van der Waals surface area contributed by atoms with Crippen molar-refractivity contribution in [3.63, 3.8) is 0 Å². The van der Waals surface area contributed by atoms with Crippen LogP contribution in [0.25, 0.3) is 0 Å². The molecule has 180 valence electrons. The van der Waals surface area contributed by atoms with Crippen LogP contribution in [0.3, 0.4) is 0 Å². The van der Waals surface area contributed by atoms with E-state index >= 15 is 0 Å². The molecular weight excluding hydrogens is 490 g/mol. The third kappa shape index (κ3) is 6.17. The Kier molecular flexibility index (Phi) is 7.88. The summed E-state index contributed by atoms with van der Waals surface area (Å²) in [6.45, 7) is 0.504. The molecule has 9 nitrogen and oxygen atoms in total. The quantitative estimate of drug-likeness (QED) is 0.578. The minimum absolute atomic E-state index is 0.146. The monoisotopic (exact) mass is 515 g/mol. The van der Waals surface area contributed by atoms with Gasteiger partial charge in [0.2, 0.25) is 26.0 Å². The first-order chi connectivity index (χ1) is 15.5. The number of nitrogens with one attached hydrogen (secondary N) is 1. The molecule has 2 aromatic rings. The van der Waals surface area contributed by atoms with E-state index in [2.05, 4.69) is 5.32 Å². The molecule has 1 amide bonds. The molecule has 33 heavy (non-hydrogen) atoms. The Labute approximate surface area is 199 Å². The molecule has 1 heterocycles. The van der Waals surface area contributed by atoms with Crippen molar-refractivity contribution in [2.45, 2.75) is 24.2 Å². The molecule has 12 heteroatoms. The van der Waals surface area contributed by atoms with Gasteiger partial charge in [-0.05, 0) is 55.3 Å². The molecule has 0 bridgehead atoms. The number of hydrogen-bond donors (Lipinski definition) is 1. The normalized spacial score (nSPS) is 15.1. The number of halogens is 1. The van der Waals surface area contributed by atoms with Gasteiger partial charge < -0.3 is 10.1 Å². The fourth-order valence-electron chi connectivity index (χ4n) is 3.51. The number of rotatable bonds is 8. The zero-order valence-electron chi connectivity index (χ0n) is 18.3. The van der Waals surface area contributed by atoms with Crippen LogP contribution in [0.2, 0.25) is 5.02 Å². The lowest BCUT2D eigenvalue weighted by atomic mass is 10.2. The molecule has 0 aromatic heterocycles. The van der Waals surface area contributed by atoms with Gasteiger partial charge in [0.25, 0.3) is 0 Å². The van der Waals surface area contributed by atoms with Gasteiger partial charge in [-0.25, -0.2) is 16.8 Å². The zero-order valence-corrected chi connectivity index (χ0v) is 20.7. The summed E-state index contributed by atoms with van der Waals surface area (Å²) in [5.74, 6) is -0.225. The molecule has 1 aliphatic heterocycles. The van der Waals surface area contributed by atoms with E-state index in [1.807, 2.05) is 0 Å². The summed E-state index contributed by atoms with van der Waals surface area (Å²) in [6.07, 6.45) is 3.68. The number of benzene rings is 2. The number of carbonyl (C=O) groups excluding carboxylic acids is 1. The lowest BCUT2D eigenvalue weighted by molar-refractivity contribution is -0.114. The maximum atomic E-state index is 12.8. The maximum Gasteiger partial charge on any atom is 0.245 e. The molecule has 0 saturated carbocycles. The molecule has 3 rings (SSSR count). The van der Waals surface area contributed by atoms with E-state index in [-0.39, 0.29) is 15.6 Å². The second kappa shape index (κ2) is 10.3. The molecular formula is C21H26ClN3O6S2. The Morgan fingerprint density at radius 3 is 2.24 bits per heavy atom. The fourth-order valence-corrected chi connectivity index (χ4v) is 6.12. The lowest BCUT2D eigenvalue weighted by Gasteiger charge is -2.26. The average molecular weight is 516 g/mol. The van der Waals surface area contributed by atoms with E-state index in [0.717, 1.165) is 29.8 Å². The van der Waals surface area contributed by atoms with Crippen molar-refractivity contribution in [1.29, 1.82) is 0 Å². The standard InChI is InChI=1S/C21H26ClN3O6S2/c1-31-20-11-8-17(14-19(20)22)25(32(2,27)28)15-21(26)23-16-6-9-18(10-7-16)33(29,30)24-12-4-3-5-13-24/h6-11,14H,3-5,12-13,15H2,1-2H3,(H,23,26). The van der Waals surface area contributed by atoms with E-state index in [4.69, 9.17) is 16.3 Å². The fraction of sp³-hybridized carbons (Fsp3) is 0.381. The molecule has 0 atom stereocenters. The Bertz CT molecular complexity index is 1210. The van der Waals surface area contributed by atoms with Crippen LogP contribution < -0.4 is 14.4 Å². The Hall–Kier alpha value is -2.34. The van der Waals surface area contributed by atoms with Crippen molar-refractivity contribution in [3.8, 4) is 5.75 Å². The Morgan fingerprint density at radius 2 is 1.70 bits per heavy atom. The van der Waals surface area contributed by atoms with E-state index in [0.29, 0.717) is 24.5 Å². The van der Waals surface area contributed by atoms with Crippen molar-refractivity contribution in [3.05, 3.63) is 47.5 Å². The molecule has 1 aliphatic rings. The number of ether oxygens (including phenoxy) is 1. The van der Waals surface area contributed by atoms with Gasteiger partial charge in [-0.2, -0.15) is 4.31 Å². The predicted octanol–water partition coefficient (Wildman–Crippen LogP) is 2.93. The Morgan fingerprint density at radius 1 is 1.06 bits per heavy atom. The summed E-state index contributed by atoms with van der Waals surface area (Å²) < 4.78 is 57.5. The van der Waals surface area contributed by atoms with Crippen molar-refractivity contribution >= 4 is 48.9 Å². The molecule has 1 saturated heterocycles. The van der Waals surface area contributed by atoms with Crippen LogP contribution in [0.15, 0.2) is 47.4 Å².